The summed E-state index contributed by atoms with van der Waals surface area (Å²) in [5, 5.41) is 0. The van der Waals surface area contributed by atoms with E-state index < -0.39 is 0 Å². The van der Waals surface area contributed by atoms with E-state index in [2.05, 4.69) is 0 Å². The van der Waals surface area contributed by atoms with Crippen LogP contribution in [0.5, 0.6) is 0 Å². The Morgan fingerprint density at radius 1 is 1.00 bits per heavy atom. The molecule has 0 saturated heterocycles. The minimum Gasteiger partial charge on any atom is -0.299 e. The quantitative estimate of drug-likeness (QED) is 0.304. The van der Waals surface area contributed by atoms with E-state index in [1.165, 1.54) is 0 Å². The van der Waals surface area contributed by atoms with Crippen molar-refractivity contribution in [1.29, 1.82) is 0 Å². The van der Waals surface area contributed by atoms with Crippen LogP contribution in [0, 0.1) is 0 Å². The number of carbonyl (C=O) groups is 3. The second-order valence-electron chi connectivity index (χ2n) is 3.11. The summed E-state index contributed by atoms with van der Waals surface area (Å²) in [6.07, 6.45) is -0.210. The predicted molar refractivity (Wildman–Crippen MR) is 42.6 cm³/mol. The first kappa shape index (κ1) is 8.84. The van der Waals surface area contributed by atoms with Gasteiger partial charge in [-0.25, -0.2) is 0 Å². The van der Waals surface area contributed by atoms with Gasteiger partial charge >= 0.3 is 0 Å². The Hall–Kier alpha value is -1.25. The van der Waals surface area contributed by atoms with Gasteiger partial charge in [-0.2, -0.15) is 0 Å². The molecule has 1 rings (SSSR count). The molecule has 3 nitrogen and oxygen atoms in total. The molecule has 0 bridgehead atoms. The lowest BCUT2D eigenvalue weighted by Gasteiger charge is -2.11. The molecule has 12 heavy (non-hydrogen) atoms. The van der Waals surface area contributed by atoms with E-state index in [1.54, 1.807) is 13.8 Å². The van der Waals surface area contributed by atoms with Crippen molar-refractivity contribution in [2.45, 2.75) is 26.7 Å². The maximum absolute atomic E-state index is 11.2. The van der Waals surface area contributed by atoms with Gasteiger partial charge in [-0.15, -0.1) is 0 Å². The van der Waals surface area contributed by atoms with Crippen molar-refractivity contribution >= 4 is 17.3 Å². The summed E-state index contributed by atoms with van der Waals surface area (Å²) in [5.41, 5.74) is 0.937. The van der Waals surface area contributed by atoms with E-state index in [1.807, 2.05) is 0 Å². The molecular formula is C9H10O3. The molecule has 0 atom stereocenters. The van der Waals surface area contributed by atoms with Crippen molar-refractivity contribution in [2.75, 3.05) is 0 Å². The van der Waals surface area contributed by atoms with Crippen LogP contribution in [-0.4, -0.2) is 17.3 Å². The summed E-state index contributed by atoms with van der Waals surface area (Å²) in [6.45, 7) is 3.42. The number of allylic oxidation sites excluding steroid dienone is 2. The molecule has 64 valence electrons. The van der Waals surface area contributed by atoms with Crippen LogP contribution in [0.15, 0.2) is 11.1 Å². The van der Waals surface area contributed by atoms with Crippen LogP contribution in [0.25, 0.3) is 0 Å². The second-order valence-corrected chi connectivity index (χ2v) is 3.11. The van der Waals surface area contributed by atoms with Gasteiger partial charge in [0.25, 0.3) is 0 Å². The van der Waals surface area contributed by atoms with Gasteiger partial charge < -0.3 is 0 Å². The van der Waals surface area contributed by atoms with Crippen molar-refractivity contribution < 1.29 is 14.4 Å². The fourth-order valence-electron chi connectivity index (χ4n) is 1.31. The van der Waals surface area contributed by atoms with E-state index >= 15 is 0 Å². The van der Waals surface area contributed by atoms with E-state index in [0.29, 0.717) is 5.57 Å². The highest BCUT2D eigenvalue weighted by atomic mass is 16.2. The number of rotatable bonds is 0. The van der Waals surface area contributed by atoms with Gasteiger partial charge in [0, 0.05) is 0 Å². The molecular weight excluding hydrogens is 156 g/mol. The average Bonchev–Trinajstić information content (AvgIpc) is 1.82. The van der Waals surface area contributed by atoms with Gasteiger partial charge in [-0.1, -0.05) is 5.57 Å². The zero-order valence-electron chi connectivity index (χ0n) is 7.14. The number of hydrogen-bond donors (Lipinski definition) is 0. The molecule has 0 aromatic rings. The van der Waals surface area contributed by atoms with E-state index in [-0.39, 0.29) is 35.8 Å². The van der Waals surface area contributed by atoms with Crippen molar-refractivity contribution in [3.63, 3.8) is 0 Å². The number of hydrogen-bond acceptors (Lipinski definition) is 3. The Kier molecular flexibility index (Phi) is 2.22. The third-order valence-corrected chi connectivity index (χ3v) is 1.77. The fraction of sp³-hybridized carbons (Fsp3) is 0.444. The number of Topliss-reactive ketones (excluding diaryl/α,β-unsaturated/α-hetero) is 3. The highest BCUT2D eigenvalue weighted by Crippen LogP contribution is 2.17. The Labute approximate surface area is 70.4 Å². The van der Waals surface area contributed by atoms with Gasteiger partial charge in [-0.3, -0.25) is 14.4 Å². The lowest BCUT2D eigenvalue weighted by atomic mass is 9.89. The van der Waals surface area contributed by atoms with Gasteiger partial charge in [0.15, 0.2) is 11.6 Å². The molecule has 0 unspecified atom stereocenters. The molecule has 0 amide bonds. The summed E-state index contributed by atoms with van der Waals surface area (Å²) in [6, 6.07) is 0. The number of carbonyl (C=O) groups excluding carboxylic acids is 3. The molecule has 0 radical (unpaired) electrons. The third-order valence-electron chi connectivity index (χ3n) is 1.77. The Morgan fingerprint density at radius 3 is 1.75 bits per heavy atom. The highest BCUT2D eigenvalue weighted by molar-refractivity contribution is 6.32. The van der Waals surface area contributed by atoms with Gasteiger partial charge in [0.05, 0.1) is 18.4 Å². The molecule has 0 aromatic heterocycles. The van der Waals surface area contributed by atoms with Crippen LogP contribution >= 0.6 is 0 Å². The molecule has 0 heterocycles. The normalized spacial score (nSPS) is 18.5. The largest absolute Gasteiger partial charge is 0.299 e. The van der Waals surface area contributed by atoms with Crippen molar-refractivity contribution in [1.82, 2.24) is 0 Å². The minimum absolute atomic E-state index is 0.105. The lowest BCUT2D eigenvalue weighted by molar-refractivity contribution is -0.132. The molecule has 0 spiro atoms. The first-order valence-electron chi connectivity index (χ1n) is 3.78. The first-order chi connectivity index (χ1) is 5.52. The molecule has 1 aliphatic carbocycles. The van der Waals surface area contributed by atoms with Gasteiger partial charge in [-0.05, 0) is 13.8 Å². The van der Waals surface area contributed by atoms with E-state index in [9.17, 15) is 14.4 Å². The van der Waals surface area contributed by atoms with Gasteiger partial charge in [0.2, 0.25) is 0 Å². The summed E-state index contributed by atoms with van der Waals surface area (Å²) in [7, 11) is 0. The highest BCUT2D eigenvalue weighted by Gasteiger charge is 2.29. The molecule has 1 saturated carbocycles. The summed E-state index contributed by atoms with van der Waals surface area (Å²) < 4.78 is 0. The second kappa shape index (κ2) is 3.01. The molecule has 0 aliphatic heterocycles. The molecule has 0 aromatic carbocycles. The third kappa shape index (κ3) is 1.49. The van der Waals surface area contributed by atoms with Crippen LogP contribution < -0.4 is 0 Å². The Balaban J connectivity index is 3.05. The number of ketones is 3. The fourth-order valence-corrected chi connectivity index (χ4v) is 1.31. The summed E-state index contributed by atoms with van der Waals surface area (Å²) >= 11 is 0. The summed E-state index contributed by atoms with van der Waals surface area (Å²) in [4.78, 5) is 33.1. The van der Waals surface area contributed by atoms with Crippen LogP contribution in [-0.2, 0) is 14.4 Å². The molecule has 1 aliphatic rings. The SMILES string of the molecule is CC(C)=C1C(=O)CC(=O)CC1=O. The van der Waals surface area contributed by atoms with E-state index in [0.717, 1.165) is 0 Å². The zero-order chi connectivity index (χ0) is 9.30. The Bertz CT molecular complexity index is 271. The van der Waals surface area contributed by atoms with Gasteiger partial charge in [0.1, 0.15) is 5.78 Å². The lowest BCUT2D eigenvalue weighted by Crippen LogP contribution is -2.26. The maximum atomic E-state index is 11.2. The van der Waals surface area contributed by atoms with E-state index in [4.69, 9.17) is 0 Å². The minimum atomic E-state index is -0.323. The van der Waals surface area contributed by atoms with Crippen LogP contribution in [0.1, 0.15) is 26.7 Å². The maximum Gasteiger partial charge on any atom is 0.173 e. The monoisotopic (exact) mass is 166 g/mol. The smallest absolute Gasteiger partial charge is 0.173 e. The summed E-state index contributed by atoms with van der Waals surface area (Å²) in [5.74, 6) is -0.914. The van der Waals surface area contributed by atoms with Crippen LogP contribution in [0.4, 0.5) is 0 Å². The topological polar surface area (TPSA) is 51.2 Å². The Morgan fingerprint density at radius 2 is 1.42 bits per heavy atom. The van der Waals surface area contributed by atoms with Crippen molar-refractivity contribution in [3.8, 4) is 0 Å². The molecule has 0 N–H and O–H groups in total. The van der Waals surface area contributed by atoms with Crippen molar-refractivity contribution in [3.05, 3.63) is 11.1 Å². The van der Waals surface area contributed by atoms with Crippen LogP contribution in [0.2, 0.25) is 0 Å². The standard InChI is InChI=1S/C9H10O3/c1-5(2)9-7(11)3-6(10)4-8(9)12/h3-4H2,1-2H3. The predicted octanol–water partition coefficient (Wildman–Crippen LogP) is 0.824. The van der Waals surface area contributed by atoms with Crippen molar-refractivity contribution in [2.24, 2.45) is 0 Å². The van der Waals surface area contributed by atoms with Crippen LogP contribution in [0.3, 0.4) is 0 Å². The average molecular weight is 166 g/mol. The first-order valence-corrected chi connectivity index (χ1v) is 3.78. The molecule has 3 heteroatoms. The zero-order valence-corrected chi connectivity index (χ0v) is 7.14. The molecule has 1 fully saturated rings.